The molecule has 0 aromatic heterocycles. The first kappa shape index (κ1) is 14.4. The number of hydrogen-bond donors (Lipinski definition) is 1. The van der Waals surface area contributed by atoms with E-state index in [2.05, 4.69) is 10.2 Å². The Bertz CT molecular complexity index is 546. The average Bonchev–Trinajstić information content (AvgIpc) is 3.09. The van der Waals surface area contributed by atoms with E-state index in [-0.39, 0.29) is 18.0 Å². The maximum Gasteiger partial charge on any atom is 0.324 e. The van der Waals surface area contributed by atoms with Crippen molar-refractivity contribution in [2.75, 3.05) is 26.2 Å². The number of benzene rings is 1. The molecule has 1 atom stereocenters. The molecule has 0 bridgehead atoms. The summed E-state index contributed by atoms with van der Waals surface area (Å²) < 4.78 is 0. The Labute approximate surface area is 128 Å². The van der Waals surface area contributed by atoms with Gasteiger partial charge in [0.05, 0.1) is 6.54 Å². The van der Waals surface area contributed by atoms with Crippen LogP contribution in [0.15, 0.2) is 24.3 Å². The Balaban J connectivity index is 1.68. The minimum atomic E-state index is -0.276. The number of halogens is 1. The number of rotatable bonds is 3. The van der Waals surface area contributed by atoms with Crippen LogP contribution in [-0.4, -0.2) is 47.9 Å². The van der Waals surface area contributed by atoms with E-state index in [4.69, 9.17) is 11.6 Å². The first-order valence-corrected chi connectivity index (χ1v) is 7.60. The smallest absolute Gasteiger partial charge is 0.324 e. The summed E-state index contributed by atoms with van der Waals surface area (Å²) in [7, 11) is 0. The fourth-order valence-corrected chi connectivity index (χ4v) is 3.17. The second-order valence-corrected chi connectivity index (χ2v) is 5.89. The van der Waals surface area contributed by atoms with Gasteiger partial charge in [0.1, 0.15) is 0 Å². The number of urea groups is 1. The first-order chi connectivity index (χ1) is 10.1. The average molecular weight is 308 g/mol. The Kier molecular flexibility index (Phi) is 4.12. The minimum absolute atomic E-state index is 0.120. The highest BCUT2D eigenvalue weighted by atomic mass is 35.5. The Morgan fingerprint density at radius 2 is 2.05 bits per heavy atom. The Morgan fingerprint density at radius 3 is 2.71 bits per heavy atom. The van der Waals surface area contributed by atoms with Gasteiger partial charge in [0.25, 0.3) is 0 Å². The summed E-state index contributed by atoms with van der Waals surface area (Å²) in [5.41, 5.74) is 1.18. The van der Waals surface area contributed by atoms with Gasteiger partial charge in [-0.15, -0.1) is 0 Å². The number of hydrogen-bond acceptors (Lipinski definition) is 3. The largest absolute Gasteiger partial charge is 0.336 e. The van der Waals surface area contributed by atoms with Gasteiger partial charge < -0.3 is 5.32 Å². The number of likely N-dealkylation sites (tertiary alicyclic amines) is 1. The van der Waals surface area contributed by atoms with Crippen LogP contribution in [0.4, 0.5) is 4.79 Å². The van der Waals surface area contributed by atoms with Gasteiger partial charge in [0, 0.05) is 24.2 Å². The molecule has 0 saturated carbocycles. The number of carbonyl (C=O) groups is 2. The highest BCUT2D eigenvalue weighted by Gasteiger charge is 2.32. The summed E-state index contributed by atoms with van der Waals surface area (Å²) in [4.78, 5) is 27.2. The Morgan fingerprint density at radius 1 is 1.29 bits per heavy atom. The summed E-state index contributed by atoms with van der Waals surface area (Å²) in [5, 5.41) is 3.37. The highest BCUT2D eigenvalue weighted by molar-refractivity contribution is 6.30. The molecular weight excluding hydrogens is 290 g/mol. The van der Waals surface area contributed by atoms with Crippen molar-refractivity contribution in [3.8, 4) is 0 Å². The zero-order chi connectivity index (χ0) is 14.8. The van der Waals surface area contributed by atoms with E-state index in [1.54, 1.807) is 0 Å². The summed E-state index contributed by atoms with van der Waals surface area (Å²) in [6.07, 6.45) is 2.09. The van der Waals surface area contributed by atoms with E-state index in [1.165, 1.54) is 10.5 Å². The predicted octanol–water partition coefficient (Wildman–Crippen LogP) is 2.03. The van der Waals surface area contributed by atoms with Gasteiger partial charge in [-0.05, 0) is 37.1 Å². The van der Waals surface area contributed by atoms with Crippen LogP contribution in [0.1, 0.15) is 24.4 Å². The lowest BCUT2D eigenvalue weighted by Gasteiger charge is -2.25. The van der Waals surface area contributed by atoms with Gasteiger partial charge in [-0.1, -0.05) is 23.7 Å². The molecule has 3 amide bonds. The van der Waals surface area contributed by atoms with Crippen LogP contribution in [-0.2, 0) is 4.79 Å². The van der Waals surface area contributed by atoms with Crippen molar-refractivity contribution < 1.29 is 9.59 Å². The topological polar surface area (TPSA) is 52.7 Å². The fraction of sp³-hybridized carbons (Fsp3) is 0.467. The van der Waals surface area contributed by atoms with E-state index in [9.17, 15) is 9.59 Å². The molecule has 6 heteroatoms. The summed E-state index contributed by atoms with van der Waals surface area (Å²) in [6, 6.07) is 7.74. The molecule has 2 aliphatic rings. The first-order valence-electron chi connectivity index (χ1n) is 7.23. The van der Waals surface area contributed by atoms with Crippen LogP contribution in [0.5, 0.6) is 0 Å². The molecule has 0 aliphatic carbocycles. The summed E-state index contributed by atoms with van der Waals surface area (Å²) in [6.45, 7) is 2.19. The molecule has 112 valence electrons. The normalized spacial score (nSPS) is 22.6. The molecule has 21 heavy (non-hydrogen) atoms. The van der Waals surface area contributed by atoms with Crippen LogP contribution in [0.3, 0.4) is 0 Å². The second kappa shape index (κ2) is 6.03. The molecule has 2 heterocycles. The molecule has 0 radical (unpaired) electrons. The van der Waals surface area contributed by atoms with E-state index in [0.29, 0.717) is 24.7 Å². The molecule has 1 aromatic carbocycles. The molecule has 5 nitrogen and oxygen atoms in total. The van der Waals surface area contributed by atoms with Crippen LogP contribution >= 0.6 is 11.6 Å². The zero-order valence-electron chi connectivity index (χ0n) is 11.7. The highest BCUT2D eigenvalue weighted by Crippen LogP contribution is 2.32. The molecule has 2 fully saturated rings. The zero-order valence-corrected chi connectivity index (χ0v) is 12.5. The number of imide groups is 1. The van der Waals surface area contributed by atoms with E-state index >= 15 is 0 Å². The number of nitrogens with one attached hydrogen (secondary N) is 1. The van der Waals surface area contributed by atoms with E-state index in [1.807, 2.05) is 24.3 Å². The molecular formula is C15H18ClN3O2. The lowest BCUT2D eigenvalue weighted by atomic mass is 10.0. The lowest BCUT2D eigenvalue weighted by Crippen LogP contribution is -2.41. The van der Waals surface area contributed by atoms with Crippen LogP contribution in [0.25, 0.3) is 0 Å². The van der Waals surface area contributed by atoms with Crippen molar-refractivity contribution in [3.63, 3.8) is 0 Å². The number of nitrogens with zero attached hydrogens (tertiary/aromatic N) is 2. The quantitative estimate of drug-likeness (QED) is 0.929. The monoisotopic (exact) mass is 307 g/mol. The molecule has 1 N–H and O–H groups in total. The maximum atomic E-state index is 12.2. The molecule has 2 saturated heterocycles. The minimum Gasteiger partial charge on any atom is -0.336 e. The molecule has 0 spiro atoms. The van der Waals surface area contributed by atoms with Crippen molar-refractivity contribution in [2.45, 2.75) is 18.9 Å². The molecule has 1 aromatic rings. The van der Waals surface area contributed by atoms with Gasteiger partial charge >= 0.3 is 6.03 Å². The van der Waals surface area contributed by atoms with Crippen molar-refractivity contribution in [1.29, 1.82) is 0 Å². The van der Waals surface area contributed by atoms with Crippen LogP contribution in [0.2, 0.25) is 5.02 Å². The predicted molar refractivity (Wildman–Crippen MR) is 80.1 cm³/mol. The third-order valence-electron chi connectivity index (χ3n) is 4.11. The van der Waals surface area contributed by atoms with Crippen LogP contribution in [0, 0.1) is 0 Å². The molecule has 3 rings (SSSR count). The third kappa shape index (κ3) is 3.04. The summed E-state index contributed by atoms with van der Waals surface area (Å²) in [5.74, 6) is -0.120. The van der Waals surface area contributed by atoms with Crippen molar-refractivity contribution >= 4 is 23.5 Å². The van der Waals surface area contributed by atoms with E-state index in [0.717, 1.165) is 19.4 Å². The molecule has 2 aliphatic heterocycles. The fourth-order valence-electron chi connectivity index (χ4n) is 3.05. The molecule has 0 unspecified atom stereocenters. The van der Waals surface area contributed by atoms with Crippen molar-refractivity contribution in [1.82, 2.24) is 15.1 Å². The maximum absolute atomic E-state index is 12.2. The number of carbonyl (C=O) groups excluding carboxylic acids is 2. The SMILES string of the molecule is O=C(CN1CCC[C@H]1c1ccc(Cl)cc1)N1CCNC1=O. The third-order valence-corrected chi connectivity index (χ3v) is 4.37. The number of amides is 3. The van der Waals surface area contributed by atoms with Gasteiger partial charge in [0.2, 0.25) is 5.91 Å². The van der Waals surface area contributed by atoms with E-state index < -0.39 is 0 Å². The van der Waals surface area contributed by atoms with Gasteiger partial charge in [0.15, 0.2) is 0 Å². The van der Waals surface area contributed by atoms with Crippen molar-refractivity contribution in [2.24, 2.45) is 0 Å². The Hall–Kier alpha value is -1.59. The van der Waals surface area contributed by atoms with Gasteiger partial charge in [-0.25, -0.2) is 4.79 Å². The van der Waals surface area contributed by atoms with Gasteiger partial charge in [-0.2, -0.15) is 0 Å². The second-order valence-electron chi connectivity index (χ2n) is 5.46. The lowest BCUT2D eigenvalue weighted by molar-refractivity contribution is -0.129. The van der Waals surface area contributed by atoms with Crippen molar-refractivity contribution in [3.05, 3.63) is 34.9 Å². The summed E-state index contributed by atoms with van der Waals surface area (Å²) >= 11 is 5.92. The van der Waals surface area contributed by atoms with Crippen LogP contribution < -0.4 is 5.32 Å². The van der Waals surface area contributed by atoms with Gasteiger partial charge in [-0.3, -0.25) is 14.6 Å². The standard InChI is InChI=1S/C15H18ClN3O2/c16-12-5-3-11(4-6-12)13-2-1-8-18(13)10-14(20)19-9-7-17-15(19)21/h3-6,13H,1-2,7-10H2,(H,17,21)/t13-/m0/s1.